The van der Waals surface area contributed by atoms with E-state index in [-0.39, 0.29) is 38.0 Å². The number of hydrogen-bond acceptors (Lipinski definition) is 7. The molecule has 0 N–H and O–H groups in total. The molecule has 0 aliphatic heterocycles. The molecular formula is C16H11ClF4N6O4. The molecule has 0 spiro atoms. The first-order valence-electron chi connectivity index (χ1n) is 8.35. The smallest absolute Gasteiger partial charge is 0.316 e. The molecule has 3 rings (SSSR count). The lowest BCUT2D eigenvalue weighted by molar-refractivity contribution is -0.145. The third-order valence-electron chi connectivity index (χ3n) is 4.05. The van der Waals surface area contributed by atoms with Crippen LogP contribution in [-0.4, -0.2) is 35.5 Å². The highest BCUT2D eigenvalue weighted by atomic mass is 35.5. The Balaban J connectivity index is 2.25. The Morgan fingerprint density at radius 2 is 1.90 bits per heavy atom. The summed E-state index contributed by atoms with van der Waals surface area (Å²) in [5.74, 6) is -2.19. The highest BCUT2D eigenvalue weighted by molar-refractivity contribution is 6.33. The fourth-order valence-corrected chi connectivity index (χ4v) is 2.79. The van der Waals surface area contributed by atoms with Gasteiger partial charge in [-0.2, -0.15) is 13.2 Å². The lowest BCUT2D eigenvalue weighted by Crippen LogP contribution is -2.41. The van der Waals surface area contributed by atoms with E-state index in [1.165, 1.54) is 6.92 Å². The summed E-state index contributed by atoms with van der Waals surface area (Å²) in [4.78, 5) is 41.7. The van der Waals surface area contributed by atoms with Crippen LogP contribution in [0.25, 0.3) is 17.1 Å². The SMILES string of the molecule is CCC(=O)On1nnnc1-c1cc(-n2c(=O)cc(C(F)(F)F)n(C)c2=O)c(F)cc1Cl. The van der Waals surface area contributed by atoms with E-state index in [2.05, 4.69) is 15.5 Å². The minimum Gasteiger partial charge on any atom is -0.316 e. The summed E-state index contributed by atoms with van der Waals surface area (Å²) >= 11 is 6.01. The van der Waals surface area contributed by atoms with Gasteiger partial charge < -0.3 is 4.84 Å². The Morgan fingerprint density at radius 1 is 1.23 bits per heavy atom. The van der Waals surface area contributed by atoms with E-state index in [0.717, 1.165) is 13.1 Å². The van der Waals surface area contributed by atoms with Crippen LogP contribution in [0.5, 0.6) is 0 Å². The van der Waals surface area contributed by atoms with Crippen molar-refractivity contribution in [1.29, 1.82) is 0 Å². The van der Waals surface area contributed by atoms with E-state index in [9.17, 15) is 31.9 Å². The molecule has 164 valence electrons. The van der Waals surface area contributed by atoms with E-state index >= 15 is 0 Å². The third-order valence-corrected chi connectivity index (χ3v) is 4.36. The summed E-state index contributed by atoms with van der Waals surface area (Å²) in [7, 11) is 0.778. The molecule has 0 fully saturated rings. The molecule has 3 aromatic rings. The van der Waals surface area contributed by atoms with Crippen molar-refractivity contribution in [2.45, 2.75) is 19.5 Å². The molecule has 2 aromatic heterocycles. The third kappa shape index (κ3) is 4.05. The Morgan fingerprint density at radius 3 is 2.52 bits per heavy atom. The van der Waals surface area contributed by atoms with Crippen LogP contribution in [-0.2, 0) is 18.0 Å². The minimum absolute atomic E-state index is 0.0291. The first-order valence-corrected chi connectivity index (χ1v) is 8.73. The van der Waals surface area contributed by atoms with Crippen LogP contribution in [0.1, 0.15) is 19.0 Å². The number of alkyl halides is 3. The number of hydrogen-bond donors (Lipinski definition) is 0. The van der Waals surface area contributed by atoms with Gasteiger partial charge in [-0.05, 0) is 27.4 Å². The molecule has 10 nitrogen and oxygen atoms in total. The molecule has 0 amide bonds. The zero-order valence-electron chi connectivity index (χ0n) is 15.6. The molecular weight excluding hydrogens is 452 g/mol. The van der Waals surface area contributed by atoms with Crippen molar-refractivity contribution in [2.24, 2.45) is 7.05 Å². The van der Waals surface area contributed by atoms with Crippen LogP contribution in [0, 0.1) is 5.82 Å². The van der Waals surface area contributed by atoms with Gasteiger partial charge in [0.05, 0.1) is 10.7 Å². The van der Waals surface area contributed by atoms with Gasteiger partial charge >= 0.3 is 17.8 Å². The summed E-state index contributed by atoms with van der Waals surface area (Å²) in [5, 5.41) is 10.1. The summed E-state index contributed by atoms with van der Waals surface area (Å²) in [5.41, 5.74) is -5.27. The molecule has 1 aromatic carbocycles. The molecule has 0 bridgehead atoms. The Labute approximate surface area is 174 Å². The highest BCUT2D eigenvalue weighted by Gasteiger charge is 2.35. The number of nitrogens with zero attached hydrogens (tertiary/aromatic N) is 6. The van der Waals surface area contributed by atoms with Gasteiger partial charge in [0, 0.05) is 25.1 Å². The molecule has 0 aliphatic carbocycles. The molecule has 0 saturated heterocycles. The number of carbonyl (C=O) groups is 1. The fraction of sp³-hybridized carbons (Fsp3) is 0.250. The molecule has 0 unspecified atom stereocenters. The zero-order valence-corrected chi connectivity index (χ0v) is 16.4. The van der Waals surface area contributed by atoms with Crippen LogP contribution in [0.2, 0.25) is 5.02 Å². The van der Waals surface area contributed by atoms with Crippen molar-refractivity contribution >= 4 is 17.6 Å². The zero-order chi connectivity index (χ0) is 23.1. The van der Waals surface area contributed by atoms with Crippen molar-refractivity contribution < 1.29 is 27.2 Å². The maximum Gasteiger partial charge on any atom is 0.431 e. The summed E-state index contributed by atoms with van der Waals surface area (Å²) in [6, 6.07) is 1.73. The molecule has 0 saturated carbocycles. The van der Waals surface area contributed by atoms with Crippen LogP contribution in [0.15, 0.2) is 27.8 Å². The van der Waals surface area contributed by atoms with E-state index in [1.54, 1.807) is 0 Å². The second kappa shape index (κ2) is 7.94. The quantitative estimate of drug-likeness (QED) is 0.425. The molecule has 31 heavy (non-hydrogen) atoms. The van der Waals surface area contributed by atoms with Gasteiger partial charge in [0.25, 0.3) is 5.56 Å². The minimum atomic E-state index is -4.99. The first kappa shape index (κ1) is 22.1. The summed E-state index contributed by atoms with van der Waals surface area (Å²) in [6.07, 6.45) is -5.01. The van der Waals surface area contributed by atoms with Crippen LogP contribution in [0.4, 0.5) is 17.6 Å². The van der Waals surface area contributed by atoms with E-state index in [4.69, 9.17) is 16.4 Å². The van der Waals surface area contributed by atoms with Crippen LogP contribution < -0.4 is 16.1 Å². The van der Waals surface area contributed by atoms with Gasteiger partial charge in [-0.25, -0.2) is 18.5 Å². The highest BCUT2D eigenvalue weighted by Crippen LogP contribution is 2.30. The van der Waals surface area contributed by atoms with Crippen LogP contribution >= 0.6 is 11.6 Å². The Bertz CT molecular complexity index is 1300. The summed E-state index contributed by atoms with van der Waals surface area (Å²) < 4.78 is 54.0. The lowest BCUT2D eigenvalue weighted by atomic mass is 10.1. The van der Waals surface area contributed by atoms with Gasteiger partial charge in [0.2, 0.25) is 5.82 Å². The maximum absolute atomic E-state index is 14.6. The van der Waals surface area contributed by atoms with Gasteiger partial charge in [-0.1, -0.05) is 18.5 Å². The second-order valence-electron chi connectivity index (χ2n) is 6.02. The van der Waals surface area contributed by atoms with Crippen molar-refractivity contribution in [3.05, 3.63) is 55.6 Å². The predicted octanol–water partition coefficient (Wildman–Crippen LogP) is 1.37. The number of rotatable bonds is 4. The molecule has 0 aliphatic rings. The van der Waals surface area contributed by atoms with Crippen molar-refractivity contribution in [2.75, 3.05) is 0 Å². The average Bonchev–Trinajstić information content (AvgIpc) is 3.13. The lowest BCUT2D eigenvalue weighted by Gasteiger charge is -2.15. The normalized spacial score (nSPS) is 11.6. The topological polar surface area (TPSA) is 114 Å². The monoisotopic (exact) mass is 462 g/mol. The standard InChI is InChI=1S/C16H11ClF4N6O4/c1-3-13(29)31-27-14(22-23-24-27)7-4-10(9(18)5-8(7)17)26-12(28)6-11(16(19,20)21)25(2)15(26)30/h4-6H,3H2,1-2H3. The van der Waals surface area contributed by atoms with E-state index in [1.807, 2.05) is 0 Å². The largest absolute Gasteiger partial charge is 0.431 e. The number of tetrazole rings is 1. The second-order valence-corrected chi connectivity index (χ2v) is 6.43. The predicted molar refractivity (Wildman–Crippen MR) is 95.9 cm³/mol. The van der Waals surface area contributed by atoms with E-state index in [0.29, 0.717) is 10.9 Å². The number of carbonyl (C=O) groups excluding carboxylic acids is 1. The Kier molecular flexibility index (Phi) is 5.67. The maximum atomic E-state index is 14.6. The Hall–Kier alpha value is -3.55. The van der Waals surface area contributed by atoms with Gasteiger partial charge in [-0.3, -0.25) is 9.36 Å². The van der Waals surface area contributed by atoms with Gasteiger partial charge in [-0.15, -0.1) is 5.10 Å². The molecule has 0 radical (unpaired) electrons. The average molecular weight is 463 g/mol. The van der Waals surface area contributed by atoms with Crippen molar-refractivity contribution in [1.82, 2.24) is 29.5 Å². The summed E-state index contributed by atoms with van der Waals surface area (Å²) in [6.45, 7) is 1.50. The fourth-order valence-electron chi connectivity index (χ4n) is 2.56. The molecule has 0 atom stereocenters. The van der Waals surface area contributed by atoms with Gasteiger partial charge in [0.1, 0.15) is 11.5 Å². The van der Waals surface area contributed by atoms with Crippen molar-refractivity contribution in [3.8, 4) is 17.1 Å². The van der Waals surface area contributed by atoms with Crippen molar-refractivity contribution in [3.63, 3.8) is 0 Å². The first-order chi connectivity index (χ1) is 14.5. The number of aromatic nitrogens is 6. The number of benzene rings is 1. The van der Waals surface area contributed by atoms with Gasteiger partial charge in [0.15, 0.2) is 0 Å². The van der Waals surface area contributed by atoms with Crippen LogP contribution in [0.3, 0.4) is 0 Å². The number of halogens is 5. The molecule has 15 heteroatoms. The van der Waals surface area contributed by atoms with E-state index < -0.39 is 40.6 Å². The molecule has 2 heterocycles.